The molecule has 0 fully saturated rings. The minimum Gasteiger partial charge on any atom is -0.375 e. The Hall–Kier alpha value is -1.60. The first-order chi connectivity index (χ1) is 8.91. The van der Waals surface area contributed by atoms with Gasteiger partial charge in [0.1, 0.15) is 0 Å². The van der Waals surface area contributed by atoms with Crippen molar-refractivity contribution < 1.29 is 8.42 Å². The number of rotatable bonds is 4. The quantitative estimate of drug-likeness (QED) is 0.907. The highest BCUT2D eigenvalue weighted by molar-refractivity contribution is 7.92. The van der Waals surface area contributed by atoms with Gasteiger partial charge in [-0.25, -0.2) is 13.4 Å². The summed E-state index contributed by atoms with van der Waals surface area (Å²) in [5.41, 5.74) is 7.97. The molecule has 102 valence electrons. The number of hydrogen-bond acceptors (Lipinski definition) is 5. The Bertz CT molecular complexity index is 676. The lowest BCUT2D eigenvalue weighted by Crippen LogP contribution is -2.14. The Morgan fingerprint density at radius 2 is 1.95 bits per heavy atom. The van der Waals surface area contributed by atoms with Gasteiger partial charge in [-0.2, -0.15) is 0 Å². The van der Waals surface area contributed by atoms with E-state index in [2.05, 4.69) is 9.71 Å². The highest BCUT2D eigenvalue weighted by Crippen LogP contribution is 2.29. The molecule has 5 nitrogen and oxygen atoms in total. The zero-order chi connectivity index (χ0) is 14.0. The van der Waals surface area contributed by atoms with E-state index in [1.165, 1.54) is 11.3 Å². The molecular formula is C12H15N3O2S2. The molecule has 0 amide bonds. The van der Waals surface area contributed by atoms with Crippen LogP contribution in [0.4, 0.5) is 10.8 Å². The summed E-state index contributed by atoms with van der Waals surface area (Å²) in [6.07, 6.45) is 0. The molecule has 0 unspecified atom stereocenters. The maximum atomic E-state index is 11.4. The molecule has 0 aliphatic rings. The molecule has 0 radical (unpaired) electrons. The van der Waals surface area contributed by atoms with Gasteiger partial charge in [-0.1, -0.05) is 12.1 Å². The van der Waals surface area contributed by atoms with Crippen molar-refractivity contribution in [2.24, 2.45) is 0 Å². The second-order valence-electron chi connectivity index (χ2n) is 4.04. The third-order valence-corrected chi connectivity index (χ3v) is 4.73. The number of nitrogens with zero attached hydrogens (tertiary/aromatic N) is 1. The van der Waals surface area contributed by atoms with E-state index in [0.29, 0.717) is 10.8 Å². The number of thiazole rings is 1. The summed E-state index contributed by atoms with van der Waals surface area (Å²) in [6, 6.07) is 7.10. The van der Waals surface area contributed by atoms with E-state index >= 15 is 0 Å². The smallest absolute Gasteiger partial charge is 0.232 e. The van der Waals surface area contributed by atoms with Crippen molar-refractivity contribution in [3.63, 3.8) is 0 Å². The first kappa shape index (κ1) is 13.8. The van der Waals surface area contributed by atoms with Gasteiger partial charge in [-0.15, -0.1) is 11.3 Å². The van der Waals surface area contributed by atoms with Gasteiger partial charge in [0.2, 0.25) is 10.0 Å². The molecule has 2 aromatic rings. The zero-order valence-electron chi connectivity index (χ0n) is 10.7. The molecule has 0 atom stereocenters. The molecule has 0 saturated heterocycles. The highest BCUT2D eigenvalue weighted by Gasteiger charge is 2.09. The van der Waals surface area contributed by atoms with Crippen LogP contribution in [0.3, 0.4) is 0 Å². The van der Waals surface area contributed by atoms with Crippen molar-refractivity contribution in [1.82, 2.24) is 4.98 Å². The molecule has 1 aromatic carbocycles. The third kappa shape index (κ3) is 3.24. The van der Waals surface area contributed by atoms with Crippen LogP contribution in [0.15, 0.2) is 24.3 Å². The van der Waals surface area contributed by atoms with E-state index in [4.69, 9.17) is 5.73 Å². The van der Waals surface area contributed by atoms with Crippen molar-refractivity contribution in [1.29, 1.82) is 0 Å². The van der Waals surface area contributed by atoms with Crippen LogP contribution in [0.5, 0.6) is 0 Å². The number of hydrogen-bond donors (Lipinski definition) is 2. The third-order valence-electron chi connectivity index (χ3n) is 2.62. The fourth-order valence-electron chi connectivity index (χ4n) is 1.63. The monoisotopic (exact) mass is 297 g/mol. The Balaban J connectivity index is 2.26. The van der Waals surface area contributed by atoms with Gasteiger partial charge in [-0.05, 0) is 26.0 Å². The van der Waals surface area contributed by atoms with Crippen LogP contribution in [0.1, 0.15) is 11.8 Å². The number of nitrogen functional groups attached to an aromatic ring is 1. The van der Waals surface area contributed by atoms with Crippen LogP contribution in [0.2, 0.25) is 0 Å². The summed E-state index contributed by atoms with van der Waals surface area (Å²) >= 11 is 1.44. The van der Waals surface area contributed by atoms with Crippen molar-refractivity contribution in [3.05, 3.63) is 29.1 Å². The normalized spacial score (nSPS) is 11.5. The number of aromatic nitrogens is 1. The Morgan fingerprint density at radius 3 is 2.42 bits per heavy atom. The van der Waals surface area contributed by atoms with Crippen molar-refractivity contribution in [2.45, 2.75) is 13.8 Å². The molecule has 2 rings (SSSR count). The average Bonchev–Trinajstić information content (AvgIpc) is 2.69. The van der Waals surface area contributed by atoms with Gasteiger partial charge in [-0.3, -0.25) is 4.72 Å². The lowest BCUT2D eigenvalue weighted by molar-refractivity contribution is 0.602. The molecule has 0 spiro atoms. The van der Waals surface area contributed by atoms with Crippen molar-refractivity contribution in [2.75, 3.05) is 16.2 Å². The van der Waals surface area contributed by atoms with Gasteiger partial charge in [0.25, 0.3) is 0 Å². The lowest BCUT2D eigenvalue weighted by atomic mass is 10.1. The van der Waals surface area contributed by atoms with Gasteiger partial charge in [0.05, 0.1) is 11.4 Å². The summed E-state index contributed by atoms with van der Waals surface area (Å²) in [6.45, 7) is 3.55. The number of sulfonamides is 1. The molecule has 1 heterocycles. The van der Waals surface area contributed by atoms with Crippen LogP contribution in [0.25, 0.3) is 11.3 Å². The Kier molecular flexibility index (Phi) is 3.77. The van der Waals surface area contributed by atoms with E-state index in [0.717, 1.165) is 16.1 Å². The largest absolute Gasteiger partial charge is 0.375 e. The molecule has 19 heavy (non-hydrogen) atoms. The van der Waals surface area contributed by atoms with Crippen LogP contribution < -0.4 is 10.5 Å². The second-order valence-corrected chi connectivity index (χ2v) is 7.29. The second kappa shape index (κ2) is 5.18. The standard InChI is InChI=1S/C12H15N3O2S2/c1-3-19(16,17)15-10-6-4-9(5-7-10)11-8(2)18-12(13)14-11/h4-7,15H,3H2,1-2H3,(H2,13,14). The zero-order valence-corrected chi connectivity index (χ0v) is 12.3. The average molecular weight is 297 g/mol. The van der Waals surface area contributed by atoms with E-state index < -0.39 is 10.0 Å². The van der Waals surface area contributed by atoms with Gasteiger partial charge in [0.15, 0.2) is 5.13 Å². The van der Waals surface area contributed by atoms with Gasteiger partial charge < -0.3 is 5.73 Å². The maximum Gasteiger partial charge on any atom is 0.232 e. The van der Waals surface area contributed by atoms with Crippen LogP contribution >= 0.6 is 11.3 Å². The topological polar surface area (TPSA) is 85.1 Å². The van der Waals surface area contributed by atoms with Crippen LogP contribution in [0, 0.1) is 6.92 Å². The summed E-state index contributed by atoms with van der Waals surface area (Å²) in [5, 5.41) is 0.531. The molecule has 3 N–H and O–H groups in total. The summed E-state index contributed by atoms with van der Waals surface area (Å²) in [5.74, 6) is 0.0521. The fraction of sp³-hybridized carbons (Fsp3) is 0.250. The molecular weight excluding hydrogens is 282 g/mol. The van der Waals surface area contributed by atoms with E-state index in [1.807, 2.05) is 19.1 Å². The number of anilines is 2. The minimum atomic E-state index is -3.24. The highest BCUT2D eigenvalue weighted by atomic mass is 32.2. The number of nitrogens with one attached hydrogen (secondary N) is 1. The molecule has 0 saturated carbocycles. The van der Waals surface area contributed by atoms with E-state index in [-0.39, 0.29) is 5.75 Å². The van der Waals surface area contributed by atoms with Gasteiger partial charge in [0, 0.05) is 16.1 Å². The molecule has 0 aliphatic carbocycles. The predicted molar refractivity (Wildman–Crippen MR) is 79.8 cm³/mol. The number of nitrogens with two attached hydrogens (primary N) is 1. The molecule has 1 aromatic heterocycles. The summed E-state index contributed by atoms with van der Waals surface area (Å²) in [4.78, 5) is 5.30. The maximum absolute atomic E-state index is 11.4. The van der Waals surface area contributed by atoms with Gasteiger partial charge >= 0.3 is 0 Å². The van der Waals surface area contributed by atoms with Crippen molar-refractivity contribution in [3.8, 4) is 11.3 Å². The number of aryl methyl sites for hydroxylation is 1. The minimum absolute atomic E-state index is 0.0521. The first-order valence-corrected chi connectivity index (χ1v) is 8.22. The Morgan fingerprint density at radius 1 is 1.32 bits per heavy atom. The fourth-order valence-corrected chi connectivity index (χ4v) is 2.98. The number of benzene rings is 1. The van der Waals surface area contributed by atoms with Crippen LogP contribution in [-0.4, -0.2) is 19.2 Å². The van der Waals surface area contributed by atoms with E-state index in [9.17, 15) is 8.42 Å². The molecule has 7 heteroatoms. The van der Waals surface area contributed by atoms with Crippen LogP contribution in [-0.2, 0) is 10.0 Å². The SMILES string of the molecule is CCS(=O)(=O)Nc1ccc(-c2nc(N)sc2C)cc1. The summed E-state index contributed by atoms with van der Waals surface area (Å²) < 4.78 is 25.4. The Labute approximate surface area is 116 Å². The molecule has 0 bridgehead atoms. The van der Waals surface area contributed by atoms with Crippen molar-refractivity contribution >= 4 is 32.2 Å². The summed E-state index contributed by atoms with van der Waals surface area (Å²) in [7, 11) is -3.24. The van der Waals surface area contributed by atoms with E-state index in [1.54, 1.807) is 19.1 Å². The molecule has 0 aliphatic heterocycles. The predicted octanol–water partition coefficient (Wildman–Crippen LogP) is 2.46. The first-order valence-electron chi connectivity index (χ1n) is 5.75. The lowest BCUT2D eigenvalue weighted by Gasteiger charge is -2.06.